The summed E-state index contributed by atoms with van der Waals surface area (Å²) >= 11 is 0. The number of hydrogen-bond donors (Lipinski definition) is 4. The lowest BCUT2D eigenvalue weighted by molar-refractivity contribution is -0.108. The van der Waals surface area contributed by atoms with Gasteiger partial charge in [-0.15, -0.1) is 6.58 Å². The van der Waals surface area contributed by atoms with Gasteiger partial charge in [0.2, 0.25) is 0 Å². The van der Waals surface area contributed by atoms with Crippen molar-refractivity contribution in [1.29, 1.82) is 0 Å². The van der Waals surface area contributed by atoms with Gasteiger partial charge in [0.15, 0.2) is 6.23 Å². The number of ether oxygens (including phenoxy) is 1. The van der Waals surface area contributed by atoms with E-state index < -0.39 is 41.9 Å². The molecule has 2 heterocycles. The summed E-state index contributed by atoms with van der Waals surface area (Å²) in [5.74, 6) is 0. The van der Waals surface area contributed by atoms with Crippen molar-refractivity contribution in [3.05, 3.63) is 45.3 Å². The highest BCUT2D eigenvalue weighted by atomic mass is 16.6. The Labute approximate surface area is 119 Å². The molecule has 0 amide bonds. The van der Waals surface area contributed by atoms with E-state index in [1.807, 2.05) is 0 Å². The average molecular weight is 298 g/mol. The van der Waals surface area contributed by atoms with Crippen LogP contribution in [0.4, 0.5) is 0 Å². The maximum atomic E-state index is 11.9. The summed E-state index contributed by atoms with van der Waals surface area (Å²) in [5.41, 5.74) is -2.89. The Kier molecular flexibility index (Phi) is 4.15. The highest BCUT2D eigenvalue weighted by molar-refractivity contribution is 5.08. The number of nitrogens with zero attached hydrogens (tertiary/aromatic N) is 1. The Morgan fingerprint density at radius 1 is 1.57 bits per heavy atom. The molecule has 1 aliphatic rings. The van der Waals surface area contributed by atoms with E-state index in [2.05, 4.69) is 11.6 Å². The van der Waals surface area contributed by atoms with Crippen LogP contribution in [0.5, 0.6) is 0 Å². The zero-order chi connectivity index (χ0) is 15.8. The molecule has 1 saturated heterocycles. The van der Waals surface area contributed by atoms with Gasteiger partial charge in [-0.1, -0.05) is 6.08 Å². The topological polar surface area (TPSA) is 125 Å². The summed E-state index contributed by atoms with van der Waals surface area (Å²) in [6.07, 6.45) is -1.12. The molecule has 0 saturated carbocycles. The Morgan fingerprint density at radius 2 is 2.24 bits per heavy atom. The molecule has 116 valence electrons. The average Bonchev–Trinajstić information content (AvgIpc) is 2.67. The van der Waals surface area contributed by atoms with Gasteiger partial charge in [-0.3, -0.25) is 14.3 Å². The second kappa shape index (κ2) is 5.57. The molecule has 0 radical (unpaired) electrons. The van der Waals surface area contributed by atoms with E-state index in [1.54, 1.807) is 0 Å². The van der Waals surface area contributed by atoms with Crippen molar-refractivity contribution < 1.29 is 20.1 Å². The maximum Gasteiger partial charge on any atom is 0.330 e. The highest BCUT2D eigenvalue weighted by Gasteiger charge is 2.55. The van der Waals surface area contributed by atoms with E-state index in [-0.39, 0.29) is 12.0 Å². The van der Waals surface area contributed by atoms with E-state index in [0.717, 1.165) is 4.57 Å². The van der Waals surface area contributed by atoms with Crippen LogP contribution in [0, 0.1) is 6.92 Å². The van der Waals surface area contributed by atoms with Crippen molar-refractivity contribution in [2.24, 2.45) is 0 Å². The highest BCUT2D eigenvalue weighted by Crippen LogP contribution is 2.40. The fourth-order valence-electron chi connectivity index (χ4n) is 2.49. The largest absolute Gasteiger partial charge is 0.394 e. The van der Waals surface area contributed by atoms with Gasteiger partial charge in [0.1, 0.15) is 17.8 Å². The van der Waals surface area contributed by atoms with Crippen LogP contribution in [0.2, 0.25) is 0 Å². The number of aliphatic hydroxyl groups excluding tert-OH is 2. The van der Waals surface area contributed by atoms with Crippen LogP contribution >= 0.6 is 0 Å². The SMILES string of the molecule is C=CC[C@@]1(O)[C@H](O)[C@@H](CO)O[C@H]1n1cc(C)c(=O)[nH]c1=O. The van der Waals surface area contributed by atoms with E-state index in [4.69, 9.17) is 4.74 Å². The van der Waals surface area contributed by atoms with Gasteiger partial charge in [0, 0.05) is 18.2 Å². The number of aryl methyl sites for hydroxylation is 1. The third kappa shape index (κ3) is 2.46. The van der Waals surface area contributed by atoms with Crippen molar-refractivity contribution in [3.63, 3.8) is 0 Å². The zero-order valence-electron chi connectivity index (χ0n) is 11.5. The van der Waals surface area contributed by atoms with Gasteiger partial charge in [-0.2, -0.15) is 0 Å². The number of rotatable bonds is 4. The molecular formula is C13H18N2O6. The first kappa shape index (κ1) is 15.6. The third-order valence-electron chi connectivity index (χ3n) is 3.65. The molecule has 8 nitrogen and oxygen atoms in total. The second-order valence-corrected chi connectivity index (χ2v) is 5.12. The van der Waals surface area contributed by atoms with Crippen LogP contribution < -0.4 is 11.2 Å². The number of aromatic nitrogens is 2. The number of hydrogen-bond acceptors (Lipinski definition) is 6. The van der Waals surface area contributed by atoms with Crippen molar-refractivity contribution in [3.8, 4) is 0 Å². The van der Waals surface area contributed by atoms with Crippen LogP contribution in [-0.4, -0.2) is 49.3 Å². The fourth-order valence-corrected chi connectivity index (χ4v) is 2.49. The summed E-state index contributed by atoms with van der Waals surface area (Å²) in [6.45, 7) is 4.48. The lowest BCUT2D eigenvalue weighted by Gasteiger charge is -2.30. The number of H-pyrrole nitrogens is 1. The van der Waals surface area contributed by atoms with E-state index in [1.165, 1.54) is 19.2 Å². The Balaban J connectivity index is 2.55. The Bertz CT molecular complexity index is 651. The van der Waals surface area contributed by atoms with E-state index >= 15 is 0 Å². The summed E-state index contributed by atoms with van der Waals surface area (Å²) < 4.78 is 6.40. The number of aliphatic hydroxyl groups is 3. The van der Waals surface area contributed by atoms with E-state index in [9.17, 15) is 24.9 Å². The molecule has 0 spiro atoms. The molecule has 0 bridgehead atoms. The molecular weight excluding hydrogens is 280 g/mol. The quantitative estimate of drug-likeness (QED) is 0.496. The first-order valence-corrected chi connectivity index (χ1v) is 6.45. The molecule has 21 heavy (non-hydrogen) atoms. The summed E-state index contributed by atoms with van der Waals surface area (Å²) in [5, 5.41) is 30.0. The first-order chi connectivity index (χ1) is 9.85. The third-order valence-corrected chi connectivity index (χ3v) is 3.65. The monoisotopic (exact) mass is 298 g/mol. The van der Waals surface area contributed by atoms with Crippen LogP contribution in [0.3, 0.4) is 0 Å². The number of nitrogens with one attached hydrogen (secondary N) is 1. The van der Waals surface area contributed by atoms with Crippen LogP contribution in [0.25, 0.3) is 0 Å². The molecule has 1 aromatic rings. The number of aromatic amines is 1. The molecule has 0 aliphatic carbocycles. The molecule has 4 atom stereocenters. The van der Waals surface area contributed by atoms with Gasteiger partial charge >= 0.3 is 5.69 Å². The standard InChI is InChI=1S/C13H18N2O6/c1-3-4-13(20)9(17)8(6-16)21-11(13)15-5-7(2)10(18)14-12(15)19/h3,5,8-9,11,16-17,20H,1,4,6H2,2H3,(H,14,18,19)/t8-,9-,11-,13-/m1/s1. The molecule has 8 heteroatoms. The first-order valence-electron chi connectivity index (χ1n) is 6.45. The van der Waals surface area contributed by atoms with Gasteiger partial charge in [-0.05, 0) is 6.92 Å². The summed E-state index contributed by atoms with van der Waals surface area (Å²) in [6, 6.07) is 0. The Morgan fingerprint density at radius 3 is 2.81 bits per heavy atom. The molecule has 0 aromatic carbocycles. The van der Waals surface area contributed by atoms with Gasteiger partial charge in [0.05, 0.1) is 6.61 Å². The molecule has 1 aromatic heterocycles. The fraction of sp³-hybridized carbons (Fsp3) is 0.538. The zero-order valence-corrected chi connectivity index (χ0v) is 11.5. The minimum absolute atomic E-state index is 0.0556. The second-order valence-electron chi connectivity index (χ2n) is 5.12. The van der Waals surface area contributed by atoms with Gasteiger partial charge in [0.25, 0.3) is 5.56 Å². The van der Waals surface area contributed by atoms with Gasteiger partial charge in [-0.25, -0.2) is 4.79 Å². The lowest BCUT2D eigenvalue weighted by atomic mass is 9.90. The Hall–Kier alpha value is -1.74. The molecule has 0 unspecified atom stereocenters. The lowest BCUT2D eigenvalue weighted by Crippen LogP contribution is -2.49. The maximum absolute atomic E-state index is 11.9. The van der Waals surface area contributed by atoms with Crippen molar-refractivity contribution in [2.75, 3.05) is 6.61 Å². The van der Waals surface area contributed by atoms with Crippen molar-refractivity contribution >= 4 is 0 Å². The molecule has 2 rings (SSSR count). The summed E-state index contributed by atoms with van der Waals surface area (Å²) in [7, 11) is 0. The summed E-state index contributed by atoms with van der Waals surface area (Å²) in [4.78, 5) is 25.4. The smallest absolute Gasteiger partial charge is 0.330 e. The normalized spacial score (nSPS) is 32.3. The van der Waals surface area contributed by atoms with Crippen LogP contribution in [0.15, 0.2) is 28.4 Å². The molecule has 4 N–H and O–H groups in total. The van der Waals surface area contributed by atoms with Crippen molar-refractivity contribution in [2.45, 2.75) is 37.4 Å². The van der Waals surface area contributed by atoms with Crippen LogP contribution in [-0.2, 0) is 4.74 Å². The van der Waals surface area contributed by atoms with Gasteiger partial charge < -0.3 is 20.1 Å². The van der Waals surface area contributed by atoms with E-state index in [0.29, 0.717) is 0 Å². The minimum atomic E-state index is -1.83. The van der Waals surface area contributed by atoms with Crippen molar-refractivity contribution in [1.82, 2.24) is 9.55 Å². The van der Waals surface area contributed by atoms with Crippen LogP contribution in [0.1, 0.15) is 18.2 Å². The minimum Gasteiger partial charge on any atom is -0.394 e. The predicted octanol–water partition coefficient (Wildman–Crippen LogP) is -1.60. The molecule has 1 aliphatic heterocycles. The molecule has 1 fully saturated rings. The predicted molar refractivity (Wildman–Crippen MR) is 72.8 cm³/mol.